The quantitative estimate of drug-likeness (QED) is 0.759. The molecule has 5 heteroatoms. The molecule has 1 aliphatic heterocycles. The molecule has 1 unspecified atom stereocenters. The molecule has 0 bridgehead atoms. The Labute approximate surface area is 137 Å². The van der Waals surface area contributed by atoms with Gasteiger partial charge in [-0.25, -0.2) is 9.78 Å². The van der Waals surface area contributed by atoms with Gasteiger partial charge in [0.05, 0.1) is 6.04 Å². The molecule has 1 aliphatic rings. The number of carbonyl (C=O) groups is 1. The van der Waals surface area contributed by atoms with Crippen molar-refractivity contribution in [3.63, 3.8) is 0 Å². The van der Waals surface area contributed by atoms with Crippen LogP contribution in [0.15, 0.2) is 23.4 Å². The lowest BCUT2D eigenvalue weighted by molar-refractivity contribution is 0.00915. The second-order valence-corrected chi connectivity index (χ2v) is 7.77. The molecular formula is C17H26N2O2S. The molecule has 4 nitrogen and oxygen atoms in total. The molecule has 2 heterocycles. The molecular weight excluding hydrogens is 296 g/mol. The normalized spacial score (nSPS) is 19.1. The molecule has 0 saturated carbocycles. The van der Waals surface area contributed by atoms with Gasteiger partial charge in [-0.2, -0.15) is 0 Å². The van der Waals surface area contributed by atoms with Crippen molar-refractivity contribution in [2.45, 2.75) is 63.6 Å². The second-order valence-electron chi connectivity index (χ2n) is 6.52. The van der Waals surface area contributed by atoms with Crippen LogP contribution in [-0.2, 0) is 4.74 Å². The number of hydrogen-bond donors (Lipinski definition) is 0. The summed E-state index contributed by atoms with van der Waals surface area (Å²) in [6, 6.07) is 4.13. The molecule has 1 amide bonds. The Hall–Kier alpha value is -1.23. The maximum Gasteiger partial charge on any atom is 0.410 e. The molecule has 1 aromatic heterocycles. The highest BCUT2D eigenvalue weighted by atomic mass is 32.2. The van der Waals surface area contributed by atoms with E-state index in [0.29, 0.717) is 0 Å². The first kappa shape index (κ1) is 17.1. The molecule has 0 aliphatic carbocycles. The average molecular weight is 322 g/mol. The summed E-state index contributed by atoms with van der Waals surface area (Å²) >= 11 is 1.73. The fraction of sp³-hybridized carbons (Fsp3) is 0.647. The molecule has 0 aromatic carbocycles. The molecule has 0 N–H and O–H groups in total. The first-order valence-electron chi connectivity index (χ1n) is 7.99. The number of hydrogen-bond acceptors (Lipinski definition) is 4. The first-order chi connectivity index (χ1) is 10.4. The molecule has 0 spiro atoms. The second kappa shape index (κ2) is 7.36. The van der Waals surface area contributed by atoms with E-state index in [0.717, 1.165) is 42.1 Å². The summed E-state index contributed by atoms with van der Waals surface area (Å²) in [7, 11) is 0. The number of carbonyl (C=O) groups excluding carboxylic acids is 1. The number of aromatic nitrogens is 1. The van der Waals surface area contributed by atoms with Gasteiger partial charge in [0.1, 0.15) is 10.6 Å². The molecule has 2 rings (SSSR count). The van der Waals surface area contributed by atoms with Crippen molar-refractivity contribution in [2.75, 3.05) is 12.3 Å². The minimum atomic E-state index is -0.463. The van der Waals surface area contributed by atoms with Crippen molar-refractivity contribution in [1.29, 1.82) is 0 Å². The van der Waals surface area contributed by atoms with Crippen LogP contribution < -0.4 is 0 Å². The Morgan fingerprint density at radius 2 is 2.23 bits per heavy atom. The van der Waals surface area contributed by atoms with Crippen LogP contribution in [0.25, 0.3) is 0 Å². The molecule has 1 saturated heterocycles. The number of pyridine rings is 1. The highest BCUT2D eigenvalue weighted by Gasteiger charge is 2.32. The van der Waals surface area contributed by atoms with Gasteiger partial charge in [-0.05, 0) is 51.9 Å². The fourth-order valence-electron chi connectivity index (χ4n) is 2.71. The van der Waals surface area contributed by atoms with Crippen molar-refractivity contribution in [2.24, 2.45) is 0 Å². The SMILES string of the molecule is CCSc1ncccc1C1CCCCN1C(=O)OC(C)(C)C. The van der Waals surface area contributed by atoms with E-state index in [-0.39, 0.29) is 12.1 Å². The molecule has 22 heavy (non-hydrogen) atoms. The predicted molar refractivity (Wildman–Crippen MR) is 90.2 cm³/mol. The zero-order chi connectivity index (χ0) is 16.2. The van der Waals surface area contributed by atoms with Crippen LogP contribution >= 0.6 is 11.8 Å². The molecule has 1 aromatic rings. The third kappa shape index (κ3) is 4.38. The first-order valence-corrected chi connectivity index (χ1v) is 8.98. The van der Waals surface area contributed by atoms with E-state index in [9.17, 15) is 4.79 Å². The van der Waals surface area contributed by atoms with Gasteiger partial charge in [-0.3, -0.25) is 0 Å². The number of piperidine rings is 1. The summed E-state index contributed by atoms with van der Waals surface area (Å²) in [6.45, 7) is 8.60. The van der Waals surface area contributed by atoms with Gasteiger partial charge in [-0.1, -0.05) is 13.0 Å². The number of likely N-dealkylation sites (tertiary alicyclic amines) is 1. The Balaban J connectivity index is 2.25. The highest BCUT2D eigenvalue weighted by Crippen LogP contribution is 2.36. The predicted octanol–water partition coefficient (Wildman–Crippen LogP) is 4.66. The minimum absolute atomic E-state index is 0.0753. The topological polar surface area (TPSA) is 42.4 Å². The van der Waals surface area contributed by atoms with Crippen molar-refractivity contribution in [3.05, 3.63) is 23.9 Å². The van der Waals surface area contributed by atoms with Gasteiger partial charge in [-0.15, -0.1) is 11.8 Å². The smallest absolute Gasteiger partial charge is 0.410 e. The monoisotopic (exact) mass is 322 g/mol. The summed E-state index contributed by atoms with van der Waals surface area (Å²) in [4.78, 5) is 18.9. The van der Waals surface area contributed by atoms with E-state index in [4.69, 9.17) is 4.74 Å². The molecule has 1 fully saturated rings. The Kier molecular flexibility index (Phi) is 5.73. The Bertz CT molecular complexity index is 514. The highest BCUT2D eigenvalue weighted by molar-refractivity contribution is 7.99. The van der Waals surface area contributed by atoms with E-state index in [2.05, 4.69) is 18.0 Å². The van der Waals surface area contributed by atoms with E-state index in [1.54, 1.807) is 11.8 Å². The van der Waals surface area contributed by atoms with Gasteiger partial charge in [0.25, 0.3) is 0 Å². The van der Waals surface area contributed by atoms with Crippen LogP contribution in [0, 0.1) is 0 Å². The van der Waals surface area contributed by atoms with Crippen LogP contribution in [0.1, 0.15) is 58.6 Å². The van der Waals surface area contributed by atoms with Gasteiger partial charge in [0.15, 0.2) is 0 Å². The summed E-state index contributed by atoms with van der Waals surface area (Å²) in [5, 5.41) is 1.03. The van der Waals surface area contributed by atoms with Gasteiger partial charge < -0.3 is 9.64 Å². The van der Waals surface area contributed by atoms with E-state index >= 15 is 0 Å². The van der Waals surface area contributed by atoms with E-state index in [1.807, 2.05) is 37.9 Å². The molecule has 122 valence electrons. The summed E-state index contributed by atoms with van der Waals surface area (Å²) < 4.78 is 5.59. The van der Waals surface area contributed by atoms with Crippen LogP contribution in [0.2, 0.25) is 0 Å². The zero-order valence-corrected chi connectivity index (χ0v) is 14.8. The van der Waals surface area contributed by atoms with Crippen molar-refractivity contribution >= 4 is 17.9 Å². The van der Waals surface area contributed by atoms with Gasteiger partial charge >= 0.3 is 6.09 Å². The lowest BCUT2D eigenvalue weighted by atomic mass is 9.97. The minimum Gasteiger partial charge on any atom is -0.444 e. The molecule has 1 atom stereocenters. The summed E-state index contributed by atoms with van der Waals surface area (Å²) in [6.07, 6.45) is 4.75. The van der Waals surface area contributed by atoms with Crippen LogP contribution in [0.4, 0.5) is 4.79 Å². The van der Waals surface area contributed by atoms with Crippen molar-refractivity contribution in [1.82, 2.24) is 9.88 Å². The maximum absolute atomic E-state index is 12.5. The fourth-order valence-corrected chi connectivity index (χ4v) is 3.49. The largest absolute Gasteiger partial charge is 0.444 e. The third-order valence-electron chi connectivity index (χ3n) is 3.57. The Morgan fingerprint density at radius 1 is 1.45 bits per heavy atom. The Morgan fingerprint density at radius 3 is 2.91 bits per heavy atom. The van der Waals surface area contributed by atoms with Gasteiger partial charge in [0.2, 0.25) is 0 Å². The summed E-state index contributed by atoms with van der Waals surface area (Å²) in [5.41, 5.74) is 0.689. The van der Waals surface area contributed by atoms with E-state index < -0.39 is 5.60 Å². The molecule has 0 radical (unpaired) electrons. The number of thioether (sulfide) groups is 1. The van der Waals surface area contributed by atoms with E-state index in [1.165, 1.54) is 0 Å². The lowest BCUT2D eigenvalue weighted by Gasteiger charge is -2.37. The van der Waals surface area contributed by atoms with Crippen LogP contribution in [0.5, 0.6) is 0 Å². The number of amides is 1. The number of ether oxygens (including phenoxy) is 1. The zero-order valence-electron chi connectivity index (χ0n) is 14.0. The number of nitrogens with zero attached hydrogens (tertiary/aromatic N) is 2. The number of rotatable bonds is 3. The average Bonchev–Trinajstić information content (AvgIpc) is 2.46. The lowest BCUT2D eigenvalue weighted by Crippen LogP contribution is -2.42. The van der Waals surface area contributed by atoms with Crippen LogP contribution in [0.3, 0.4) is 0 Å². The third-order valence-corrected chi connectivity index (χ3v) is 4.47. The van der Waals surface area contributed by atoms with Crippen molar-refractivity contribution < 1.29 is 9.53 Å². The standard InChI is InChI=1S/C17H26N2O2S/c1-5-22-15-13(9-8-11-18-15)14-10-6-7-12-19(14)16(20)21-17(2,3)4/h8-9,11,14H,5-7,10,12H2,1-4H3. The van der Waals surface area contributed by atoms with Crippen molar-refractivity contribution in [3.8, 4) is 0 Å². The summed E-state index contributed by atoms with van der Waals surface area (Å²) in [5.74, 6) is 0.975. The maximum atomic E-state index is 12.5. The van der Waals surface area contributed by atoms with Gasteiger partial charge in [0, 0.05) is 18.3 Å². The van der Waals surface area contributed by atoms with Crippen LogP contribution in [-0.4, -0.2) is 33.9 Å².